The molecule has 0 saturated carbocycles. The number of ether oxygens (including phenoxy) is 1. The number of hydrogen-bond donors (Lipinski definition) is 3. The van der Waals surface area contributed by atoms with Gasteiger partial charge < -0.3 is 25.4 Å². The Kier molecular flexibility index (Phi) is 12.2. The highest BCUT2D eigenvalue weighted by Crippen LogP contribution is 2.23. The first-order valence-corrected chi connectivity index (χ1v) is 17.5. The van der Waals surface area contributed by atoms with Crippen LogP contribution >= 0.6 is 0 Å². The fourth-order valence-corrected chi connectivity index (χ4v) is 5.62. The van der Waals surface area contributed by atoms with Crippen molar-refractivity contribution in [1.29, 1.82) is 0 Å². The normalized spacial score (nSPS) is 13.1. The van der Waals surface area contributed by atoms with Crippen LogP contribution in [0.2, 0.25) is 0 Å². The summed E-state index contributed by atoms with van der Waals surface area (Å²) in [5.74, 6) is -0.455. The van der Waals surface area contributed by atoms with Crippen molar-refractivity contribution in [2.45, 2.75) is 38.5 Å². The molecule has 3 atom stereocenters. The van der Waals surface area contributed by atoms with Gasteiger partial charge in [-0.25, -0.2) is 8.42 Å². The Balaban J connectivity index is 1.63. The molecule has 2 amide bonds. The van der Waals surface area contributed by atoms with Gasteiger partial charge >= 0.3 is 0 Å². The number of nitrogens with zero attached hydrogens (tertiary/aromatic N) is 3. The van der Waals surface area contributed by atoms with Gasteiger partial charge in [-0.3, -0.25) is 18.9 Å². The van der Waals surface area contributed by atoms with E-state index in [0.29, 0.717) is 18.8 Å². The van der Waals surface area contributed by atoms with Crippen LogP contribution < -0.4 is 24.6 Å². The van der Waals surface area contributed by atoms with Gasteiger partial charge in [-0.2, -0.15) is 0 Å². The van der Waals surface area contributed by atoms with E-state index in [4.69, 9.17) is 4.74 Å². The van der Waals surface area contributed by atoms with Crippen molar-refractivity contribution in [2.24, 2.45) is 0 Å². The van der Waals surface area contributed by atoms with Gasteiger partial charge in [-0.15, -0.1) is 0 Å². The van der Waals surface area contributed by atoms with Crippen molar-refractivity contribution >= 4 is 33.2 Å². The Bertz CT molecular complexity index is 1790. The number of aliphatic hydroxyl groups is 1. The van der Waals surface area contributed by atoms with E-state index in [1.165, 1.54) is 25.2 Å². The Morgan fingerprint density at radius 1 is 0.875 bits per heavy atom. The van der Waals surface area contributed by atoms with Crippen molar-refractivity contribution in [3.05, 3.63) is 120 Å². The van der Waals surface area contributed by atoms with Gasteiger partial charge in [-0.05, 0) is 49.6 Å². The summed E-state index contributed by atoms with van der Waals surface area (Å²) in [5.41, 5.74) is 2.82. The lowest BCUT2D eigenvalue weighted by Gasteiger charge is -2.29. The first-order valence-electron chi connectivity index (χ1n) is 15.6. The van der Waals surface area contributed by atoms with Gasteiger partial charge in [0.1, 0.15) is 5.75 Å². The maximum absolute atomic E-state index is 13.9. The molecular weight excluding hydrogens is 630 g/mol. The summed E-state index contributed by atoms with van der Waals surface area (Å²) in [6.07, 6.45) is 3.59. The van der Waals surface area contributed by atoms with Crippen LogP contribution in [0.15, 0.2) is 97.3 Å². The predicted octanol–water partition coefficient (Wildman–Crippen LogP) is 4.21. The highest BCUT2D eigenvalue weighted by atomic mass is 32.2. The molecule has 254 valence electrons. The number of pyridine rings is 1. The van der Waals surface area contributed by atoms with Crippen molar-refractivity contribution < 1.29 is 27.9 Å². The maximum atomic E-state index is 13.9. The second kappa shape index (κ2) is 16.2. The van der Waals surface area contributed by atoms with Gasteiger partial charge in [0.2, 0.25) is 10.0 Å². The molecule has 0 radical (unpaired) electrons. The lowest BCUT2D eigenvalue weighted by molar-refractivity contribution is 0.0843. The van der Waals surface area contributed by atoms with Crippen LogP contribution in [-0.2, 0) is 16.4 Å². The molecule has 11 nitrogen and oxygen atoms in total. The number of sulfonamides is 1. The number of carbonyl (C=O) groups is 2. The second-order valence-corrected chi connectivity index (χ2v) is 13.6. The lowest BCUT2D eigenvalue weighted by atomic mass is 9.99. The third kappa shape index (κ3) is 9.79. The number of aliphatic hydroxyl groups excluding tert-OH is 1. The van der Waals surface area contributed by atoms with E-state index < -0.39 is 34.0 Å². The summed E-state index contributed by atoms with van der Waals surface area (Å²) in [4.78, 5) is 33.4. The molecule has 1 aromatic heterocycles. The fraction of sp³-hybridized carbons (Fsp3) is 0.306. The van der Waals surface area contributed by atoms with Crippen molar-refractivity contribution in [3.63, 3.8) is 0 Å². The summed E-state index contributed by atoms with van der Waals surface area (Å²) in [6, 6.07) is 23.8. The van der Waals surface area contributed by atoms with Gasteiger partial charge in [0.15, 0.2) is 0 Å². The van der Waals surface area contributed by atoms with E-state index in [1.54, 1.807) is 12.4 Å². The van der Waals surface area contributed by atoms with Gasteiger partial charge in [0.05, 0.1) is 54.8 Å². The third-order valence-electron chi connectivity index (χ3n) is 7.94. The molecule has 0 aliphatic rings. The van der Waals surface area contributed by atoms with Crippen LogP contribution in [0, 0.1) is 0 Å². The molecule has 1 heterocycles. The number of anilines is 2. The number of carbonyl (C=O) groups excluding carboxylic acids is 2. The van der Waals surface area contributed by atoms with Gasteiger partial charge in [-0.1, -0.05) is 60.7 Å². The SMILES string of the molecule is CCOc1cncc(N(C)C[C@@H](O)[C@H](Cc2ccccc2)NC(=O)c2cc(C(=O)N[C@H](C)c3ccccc3)cc(N(C)S(C)(=O)=O)c2)c1. The molecule has 3 N–H and O–H groups in total. The maximum Gasteiger partial charge on any atom is 0.251 e. The Labute approximate surface area is 282 Å². The first kappa shape index (κ1) is 35.9. The van der Waals surface area contributed by atoms with Crippen LogP contribution in [0.3, 0.4) is 0 Å². The highest BCUT2D eigenvalue weighted by Gasteiger charge is 2.26. The van der Waals surface area contributed by atoms with E-state index in [-0.39, 0.29) is 29.4 Å². The minimum atomic E-state index is -3.72. The van der Waals surface area contributed by atoms with Crippen molar-refractivity contribution in [3.8, 4) is 5.75 Å². The summed E-state index contributed by atoms with van der Waals surface area (Å²) in [5, 5.41) is 17.4. The van der Waals surface area contributed by atoms with Gasteiger partial charge in [0.25, 0.3) is 11.8 Å². The minimum Gasteiger partial charge on any atom is -0.492 e. The first-order chi connectivity index (χ1) is 22.8. The average molecular weight is 674 g/mol. The molecule has 12 heteroatoms. The van der Waals surface area contributed by atoms with Crippen molar-refractivity contribution in [1.82, 2.24) is 15.6 Å². The second-order valence-electron chi connectivity index (χ2n) is 11.6. The van der Waals surface area contributed by atoms with Crippen LogP contribution in [0.5, 0.6) is 5.75 Å². The molecule has 0 saturated heterocycles. The summed E-state index contributed by atoms with van der Waals surface area (Å²) < 4.78 is 31.5. The smallest absolute Gasteiger partial charge is 0.251 e. The molecule has 0 aliphatic carbocycles. The number of aromatic nitrogens is 1. The standard InChI is InChI=1S/C36H43N5O6S/c1-6-47-32-21-31(22-37-23-32)40(3)24-34(42)33(17-26-13-9-7-10-14-26)39-36(44)29-18-28(19-30(20-29)41(4)48(5,45)46)35(43)38-25(2)27-15-11-8-12-16-27/h7-16,18-23,25,33-34,42H,6,17,24H2,1-5H3,(H,38,43)(H,39,44)/t25-,33+,34-/m1/s1. The van der Waals surface area contributed by atoms with Crippen LogP contribution in [0.25, 0.3) is 0 Å². The average Bonchev–Trinajstić information content (AvgIpc) is 3.08. The number of benzene rings is 3. The molecule has 48 heavy (non-hydrogen) atoms. The molecule has 3 aromatic carbocycles. The summed E-state index contributed by atoms with van der Waals surface area (Å²) in [6.45, 7) is 4.35. The molecule has 4 aromatic rings. The minimum absolute atomic E-state index is 0.0627. The molecule has 0 spiro atoms. The summed E-state index contributed by atoms with van der Waals surface area (Å²) >= 11 is 0. The Morgan fingerprint density at radius 3 is 2.08 bits per heavy atom. The zero-order valence-electron chi connectivity index (χ0n) is 27.8. The predicted molar refractivity (Wildman–Crippen MR) is 188 cm³/mol. The lowest BCUT2D eigenvalue weighted by Crippen LogP contribution is -2.49. The van der Waals surface area contributed by atoms with Crippen molar-refractivity contribution in [2.75, 3.05) is 42.7 Å². The number of likely N-dealkylation sites (N-methyl/N-ethyl adjacent to an activating group) is 1. The highest BCUT2D eigenvalue weighted by molar-refractivity contribution is 7.92. The van der Waals surface area contributed by atoms with E-state index in [9.17, 15) is 23.1 Å². The zero-order valence-corrected chi connectivity index (χ0v) is 28.6. The molecular formula is C36H43N5O6S. The van der Waals surface area contributed by atoms with Crippen LogP contribution in [0.4, 0.5) is 11.4 Å². The Hall–Kier alpha value is -4.94. The number of hydrogen-bond acceptors (Lipinski definition) is 8. The van der Waals surface area contributed by atoms with Crippen LogP contribution in [0.1, 0.15) is 51.7 Å². The quantitative estimate of drug-likeness (QED) is 0.171. The molecule has 0 fully saturated rings. The molecule has 4 rings (SSSR count). The fourth-order valence-electron chi connectivity index (χ4n) is 5.13. The summed E-state index contributed by atoms with van der Waals surface area (Å²) in [7, 11) is -0.557. The van der Waals surface area contributed by atoms with Crippen LogP contribution in [-0.4, -0.2) is 76.0 Å². The topological polar surface area (TPSA) is 141 Å². The van der Waals surface area contributed by atoms with E-state index in [2.05, 4.69) is 15.6 Å². The zero-order chi connectivity index (χ0) is 34.8. The molecule has 0 unspecified atom stereocenters. The molecule has 0 bridgehead atoms. The monoisotopic (exact) mass is 673 g/mol. The van der Waals surface area contributed by atoms with E-state index in [1.807, 2.05) is 92.5 Å². The number of rotatable bonds is 15. The largest absolute Gasteiger partial charge is 0.492 e. The van der Waals surface area contributed by atoms with E-state index >= 15 is 0 Å². The Morgan fingerprint density at radius 2 is 1.48 bits per heavy atom. The number of amides is 2. The number of nitrogens with one attached hydrogen (secondary N) is 2. The van der Waals surface area contributed by atoms with Gasteiger partial charge in [0, 0.05) is 37.8 Å². The van der Waals surface area contributed by atoms with E-state index in [0.717, 1.165) is 27.4 Å². The third-order valence-corrected chi connectivity index (χ3v) is 9.15. The molecule has 0 aliphatic heterocycles.